The van der Waals surface area contributed by atoms with Crippen molar-refractivity contribution >= 4 is 23.1 Å². The number of nitrogens with two attached hydrogens (primary N) is 2. The molecule has 0 aliphatic rings. The van der Waals surface area contributed by atoms with Crippen molar-refractivity contribution in [2.45, 2.75) is 23.6 Å². The van der Waals surface area contributed by atoms with E-state index in [-0.39, 0.29) is 0 Å². The minimum absolute atomic E-state index is 0.792. The maximum atomic E-state index is 5.96. The van der Waals surface area contributed by atoms with Gasteiger partial charge in [-0.1, -0.05) is 60.3 Å². The van der Waals surface area contributed by atoms with E-state index in [1.807, 2.05) is 24.3 Å². The van der Waals surface area contributed by atoms with E-state index in [2.05, 4.69) is 74.5 Å². The van der Waals surface area contributed by atoms with Crippen LogP contribution in [0.4, 0.5) is 11.4 Å². The molecule has 0 fully saturated rings. The predicted molar refractivity (Wildman–Crippen MR) is 126 cm³/mol. The Bertz CT molecular complexity index is 1090. The van der Waals surface area contributed by atoms with Crippen molar-refractivity contribution in [2.24, 2.45) is 0 Å². The fourth-order valence-corrected chi connectivity index (χ4v) is 4.76. The zero-order valence-corrected chi connectivity index (χ0v) is 17.5. The Kier molecular flexibility index (Phi) is 5.32. The van der Waals surface area contributed by atoms with Gasteiger partial charge < -0.3 is 11.5 Å². The van der Waals surface area contributed by atoms with Gasteiger partial charge in [-0.15, -0.1) is 0 Å². The largest absolute Gasteiger partial charge is 0.399 e. The molecule has 0 aliphatic heterocycles. The molecule has 4 rings (SSSR count). The average Bonchev–Trinajstić information content (AvgIpc) is 2.70. The first kappa shape index (κ1) is 19.2. The van der Waals surface area contributed by atoms with Crippen LogP contribution in [0.2, 0.25) is 0 Å². The highest BCUT2D eigenvalue weighted by Gasteiger charge is 2.13. The quantitative estimate of drug-likeness (QED) is 0.367. The number of rotatable bonds is 4. The van der Waals surface area contributed by atoms with Gasteiger partial charge in [0.05, 0.1) is 0 Å². The molecule has 0 atom stereocenters. The molecule has 0 heterocycles. The summed E-state index contributed by atoms with van der Waals surface area (Å²) in [5, 5.41) is 0. The molecule has 144 valence electrons. The summed E-state index contributed by atoms with van der Waals surface area (Å²) in [6, 6.07) is 29.3. The highest BCUT2D eigenvalue weighted by atomic mass is 32.2. The van der Waals surface area contributed by atoms with Crippen LogP contribution in [-0.4, -0.2) is 0 Å². The lowest BCUT2D eigenvalue weighted by atomic mass is 10.00. The fraction of sp³-hybridized carbons (Fsp3) is 0.0769. The lowest BCUT2D eigenvalue weighted by molar-refractivity contribution is 1.36. The normalized spacial score (nSPS) is 10.8. The van der Waals surface area contributed by atoms with Gasteiger partial charge in [0.25, 0.3) is 0 Å². The van der Waals surface area contributed by atoms with Gasteiger partial charge in [0.15, 0.2) is 0 Å². The minimum Gasteiger partial charge on any atom is -0.399 e. The summed E-state index contributed by atoms with van der Waals surface area (Å²) in [5.74, 6) is 0. The highest BCUT2D eigenvalue weighted by Crippen LogP contribution is 2.42. The van der Waals surface area contributed by atoms with E-state index in [9.17, 15) is 0 Å². The zero-order valence-electron chi connectivity index (χ0n) is 16.6. The van der Waals surface area contributed by atoms with Crippen LogP contribution in [0.15, 0.2) is 94.7 Å². The van der Waals surface area contributed by atoms with Gasteiger partial charge in [-0.05, 0) is 83.6 Å². The number of nitrogen functional groups attached to an aromatic ring is 2. The molecule has 0 radical (unpaired) electrons. The number of hydrogen-bond donors (Lipinski definition) is 2. The Morgan fingerprint density at radius 1 is 0.517 bits per heavy atom. The lowest BCUT2D eigenvalue weighted by Crippen LogP contribution is -1.92. The van der Waals surface area contributed by atoms with Crippen LogP contribution in [0.25, 0.3) is 22.3 Å². The molecular formula is C26H24N2S. The van der Waals surface area contributed by atoms with Gasteiger partial charge in [0.1, 0.15) is 0 Å². The fourth-order valence-electron chi connectivity index (χ4n) is 3.65. The van der Waals surface area contributed by atoms with E-state index < -0.39 is 0 Å². The predicted octanol–water partition coefficient (Wildman–Crippen LogP) is 6.95. The van der Waals surface area contributed by atoms with Crippen LogP contribution >= 0.6 is 11.8 Å². The first-order chi connectivity index (χ1) is 14.0. The van der Waals surface area contributed by atoms with Gasteiger partial charge in [-0.25, -0.2) is 0 Å². The van der Waals surface area contributed by atoms with E-state index >= 15 is 0 Å². The molecule has 0 saturated heterocycles. The van der Waals surface area contributed by atoms with Crippen molar-refractivity contribution in [3.8, 4) is 22.3 Å². The van der Waals surface area contributed by atoms with Gasteiger partial charge in [0, 0.05) is 21.2 Å². The van der Waals surface area contributed by atoms with Crippen LogP contribution in [0.1, 0.15) is 11.1 Å². The van der Waals surface area contributed by atoms with Crippen LogP contribution < -0.4 is 11.5 Å². The topological polar surface area (TPSA) is 52.0 Å². The molecular weight excluding hydrogens is 372 g/mol. The first-order valence-electron chi connectivity index (χ1n) is 9.62. The maximum absolute atomic E-state index is 5.96. The molecule has 0 aliphatic carbocycles. The second-order valence-electron chi connectivity index (χ2n) is 7.24. The van der Waals surface area contributed by atoms with E-state index in [1.54, 1.807) is 11.8 Å². The molecule has 0 amide bonds. The summed E-state index contributed by atoms with van der Waals surface area (Å²) in [7, 11) is 0. The van der Waals surface area contributed by atoms with E-state index in [0.29, 0.717) is 0 Å². The Hall–Kier alpha value is -3.17. The average molecular weight is 397 g/mol. The molecule has 0 unspecified atom stereocenters. The van der Waals surface area contributed by atoms with Crippen molar-refractivity contribution in [1.29, 1.82) is 0 Å². The number of hydrogen-bond acceptors (Lipinski definition) is 3. The Morgan fingerprint density at radius 3 is 1.34 bits per heavy atom. The summed E-state index contributed by atoms with van der Waals surface area (Å²) in [6.07, 6.45) is 0. The molecule has 0 saturated carbocycles. The summed E-state index contributed by atoms with van der Waals surface area (Å²) in [4.78, 5) is 2.45. The number of aryl methyl sites for hydroxylation is 2. The van der Waals surface area contributed by atoms with E-state index in [4.69, 9.17) is 11.5 Å². The van der Waals surface area contributed by atoms with Crippen molar-refractivity contribution in [3.63, 3.8) is 0 Å². The van der Waals surface area contributed by atoms with Gasteiger partial charge >= 0.3 is 0 Å². The summed E-state index contributed by atoms with van der Waals surface area (Å²) >= 11 is 1.79. The highest BCUT2D eigenvalue weighted by molar-refractivity contribution is 7.99. The third-order valence-corrected chi connectivity index (χ3v) is 6.23. The molecule has 0 bridgehead atoms. The summed E-state index contributed by atoms with van der Waals surface area (Å²) < 4.78 is 0. The second kappa shape index (κ2) is 8.06. The number of anilines is 2. The summed E-state index contributed by atoms with van der Waals surface area (Å²) in [6.45, 7) is 4.22. The molecule has 2 nitrogen and oxygen atoms in total. The van der Waals surface area contributed by atoms with Crippen molar-refractivity contribution in [1.82, 2.24) is 0 Å². The molecule has 4 aromatic carbocycles. The van der Waals surface area contributed by atoms with Crippen LogP contribution in [0.3, 0.4) is 0 Å². The first-order valence-corrected chi connectivity index (χ1v) is 10.4. The molecule has 0 aromatic heterocycles. The Balaban J connectivity index is 1.79. The van der Waals surface area contributed by atoms with Gasteiger partial charge in [-0.2, -0.15) is 0 Å². The third kappa shape index (κ3) is 4.01. The van der Waals surface area contributed by atoms with Gasteiger partial charge in [0.2, 0.25) is 0 Å². The van der Waals surface area contributed by atoms with E-state index in [1.165, 1.54) is 43.2 Å². The van der Waals surface area contributed by atoms with Crippen molar-refractivity contribution in [2.75, 3.05) is 11.5 Å². The van der Waals surface area contributed by atoms with Crippen molar-refractivity contribution < 1.29 is 0 Å². The Morgan fingerprint density at radius 2 is 0.931 bits per heavy atom. The summed E-state index contributed by atoms with van der Waals surface area (Å²) in [5.41, 5.74) is 20.7. The SMILES string of the molecule is Cc1cc(N)ccc1-c1ccccc1Sc1ccccc1-c1ccc(N)cc1C. The molecule has 4 N–H and O–H groups in total. The van der Waals surface area contributed by atoms with Crippen molar-refractivity contribution in [3.05, 3.63) is 96.1 Å². The molecule has 29 heavy (non-hydrogen) atoms. The molecule has 3 heteroatoms. The van der Waals surface area contributed by atoms with Gasteiger partial charge in [-0.3, -0.25) is 0 Å². The standard InChI is InChI=1S/C26H24N2S/c1-17-15-19(27)11-13-21(17)23-7-3-5-9-25(23)29-26-10-6-4-8-24(26)22-14-12-20(28)16-18(22)2/h3-16H,27-28H2,1-2H3. The monoisotopic (exact) mass is 396 g/mol. The van der Waals surface area contributed by atoms with Crippen LogP contribution in [0.5, 0.6) is 0 Å². The van der Waals surface area contributed by atoms with Crippen LogP contribution in [-0.2, 0) is 0 Å². The molecule has 4 aromatic rings. The Labute approximate surface area is 176 Å². The maximum Gasteiger partial charge on any atom is 0.0317 e. The molecule has 0 spiro atoms. The van der Waals surface area contributed by atoms with Crippen LogP contribution in [0, 0.1) is 13.8 Å². The third-order valence-electron chi connectivity index (χ3n) is 5.08. The number of benzene rings is 4. The van der Waals surface area contributed by atoms with E-state index in [0.717, 1.165) is 11.4 Å². The lowest BCUT2D eigenvalue weighted by Gasteiger charge is -2.15. The minimum atomic E-state index is 0.792. The zero-order chi connectivity index (χ0) is 20.4. The second-order valence-corrected chi connectivity index (χ2v) is 8.33. The smallest absolute Gasteiger partial charge is 0.0317 e.